The van der Waals surface area contributed by atoms with Crippen LogP contribution in [0.1, 0.15) is 18.9 Å². The molecule has 0 N–H and O–H groups in total. The summed E-state index contributed by atoms with van der Waals surface area (Å²) in [4.78, 5) is 17.3. The minimum atomic E-state index is 0.0401. The Morgan fingerprint density at radius 2 is 1.70 bits per heavy atom. The first-order valence-corrected chi connectivity index (χ1v) is 11.0. The molecule has 162 valence electrons. The number of ether oxygens (including phenoxy) is 2. The van der Waals surface area contributed by atoms with Gasteiger partial charge in [-0.05, 0) is 36.7 Å². The number of aryl methyl sites for hydroxylation is 1. The molecule has 2 aromatic carbocycles. The van der Waals surface area contributed by atoms with Gasteiger partial charge in [-0.25, -0.2) is 0 Å². The second-order valence-electron chi connectivity index (χ2n) is 7.49. The van der Waals surface area contributed by atoms with E-state index in [2.05, 4.69) is 55.1 Å². The van der Waals surface area contributed by atoms with Gasteiger partial charge in [0.15, 0.2) is 11.5 Å². The molecule has 0 aliphatic carbocycles. The van der Waals surface area contributed by atoms with Gasteiger partial charge in [0.2, 0.25) is 0 Å². The third-order valence-electron chi connectivity index (χ3n) is 5.29. The molecular weight excluding hydrogens is 398 g/mol. The molecule has 1 aromatic heterocycles. The number of aromatic nitrogens is 1. The van der Waals surface area contributed by atoms with Crippen LogP contribution in [0.25, 0.3) is 10.1 Å². The lowest BCUT2D eigenvalue weighted by Gasteiger charge is -2.21. The first-order valence-electron chi connectivity index (χ1n) is 10.2. The number of benzene rings is 2. The van der Waals surface area contributed by atoms with Gasteiger partial charge in [0.05, 0.1) is 24.3 Å². The third kappa shape index (κ3) is 4.96. The van der Waals surface area contributed by atoms with E-state index in [1.54, 1.807) is 20.3 Å². The number of methoxy groups -OCH3 is 2. The van der Waals surface area contributed by atoms with E-state index in [1.165, 1.54) is 22.8 Å². The standard InChI is InChI=1S/C23H31N3O3S/c1-6-25(16-17-8-10-18(11-9-17)24(2)3)12-7-13-26-23(27)19-14-20(28-4)21(29-5)15-22(19)30-26/h8-11,14-15H,6-7,12-13,16H2,1-5H3. The summed E-state index contributed by atoms with van der Waals surface area (Å²) in [6.07, 6.45) is 0.921. The zero-order valence-electron chi connectivity index (χ0n) is 18.5. The number of nitrogens with zero attached hydrogens (tertiary/aromatic N) is 3. The van der Waals surface area contributed by atoms with Gasteiger partial charge in [0, 0.05) is 45.5 Å². The molecular formula is C23H31N3O3S. The van der Waals surface area contributed by atoms with Crippen molar-refractivity contribution >= 4 is 27.3 Å². The van der Waals surface area contributed by atoms with E-state index in [9.17, 15) is 4.79 Å². The van der Waals surface area contributed by atoms with Gasteiger partial charge in [-0.1, -0.05) is 30.6 Å². The molecule has 7 heteroatoms. The van der Waals surface area contributed by atoms with Gasteiger partial charge in [0.25, 0.3) is 5.56 Å². The van der Waals surface area contributed by atoms with E-state index in [0.29, 0.717) is 23.4 Å². The van der Waals surface area contributed by atoms with Crippen LogP contribution in [-0.4, -0.2) is 50.3 Å². The minimum absolute atomic E-state index is 0.0401. The van der Waals surface area contributed by atoms with Crippen LogP contribution in [0.15, 0.2) is 41.2 Å². The number of rotatable bonds is 10. The van der Waals surface area contributed by atoms with Crippen LogP contribution in [0.3, 0.4) is 0 Å². The minimum Gasteiger partial charge on any atom is -0.493 e. The van der Waals surface area contributed by atoms with Crippen LogP contribution < -0.4 is 19.9 Å². The van der Waals surface area contributed by atoms with Gasteiger partial charge in [-0.3, -0.25) is 13.7 Å². The van der Waals surface area contributed by atoms with Crippen molar-refractivity contribution in [3.63, 3.8) is 0 Å². The molecule has 3 aromatic rings. The molecule has 0 aliphatic rings. The van der Waals surface area contributed by atoms with Crippen molar-refractivity contribution in [2.45, 2.75) is 26.4 Å². The topological polar surface area (TPSA) is 46.9 Å². The Morgan fingerprint density at radius 1 is 1.03 bits per heavy atom. The van der Waals surface area contributed by atoms with Crippen LogP contribution in [-0.2, 0) is 13.1 Å². The molecule has 3 rings (SSSR count). The monoisotopic (exact) mass is 429 g/mol. The van der Waals surface area contributed by atoms with Gasteiger partial charge >= 0.3 is 0 Å². The van der Waals surface area contributed by atoms with E-state index in [0.717, 1.165) is 30.8 Å². The fourth-order valence-electron chi connectivity index (χ4n) is 3.49. The van der Waals surface area contributed by atoms with E-state index in [4.69, 9.17) is 9.47 Å². The lowest BCUT2D eigenvalue weighted by molar-refractivity contribution is 0.271. The highest BCUT2D eigenvalue weighted by Crippen LogP contribution is 2.32. The molecule has 0 fully saturated rings. The van der Waals surface area contributed by atoms with Crippen molar-refractivity contribution in [1.29, 1.82) is 0 Å². The molecule has 0 saturated carbocycles. The van der Waals surface area contributed by atoms with Crippen molar-refractivity contribution < 1.29 is 9.47 Å². The quantitative estimate of drug-likeness (QED) is 0.486. The molecule has 30 heavy (non-hydrogen) atoms. The molecule has 0 aliphatic heterocycles. The van der Waals surface area contributed by atoms with Crippen molar-refractivity contribution in [2.75, 3.05) is 46.3 Å². The summed E-state index contributed by atoms with van der Waals surface area (Å²) in [5.74, 6) is 1.24. The van der Waals surface area contributed by atoms with Crippen LogP contribution in [0.2, 0.25) is 0 Å². The zero-order chi connectivity index (χ0) is 21.7. The maximum absolute atomic E-state index is 12.8. The molecule has 6 nitrogen and oxygen atoms in total. The molecule has 0 saturated heterocycles. The predicted molar refractivity (Wildman–Crippen MR) is 126 cm³/mol. The molecule has 0 atom stereocenters. The Kier molecular flexibility index (Phi) is 7.39. The number of fused-ring (bicyclic) bond motifs is 1. The fraction of sp³-hybridized carbons (Fsp3) is 0.435. The number of anilines is 1. The first kappa shape index (κ1) is 22.2. The molecule has 1 heterocycles. The molecule has 0 radical (unpaired) electrons. The predicted octanol–water partition coefficient (Wildman–Crippen LogP) is 4.06. The maximum Gasteiger partial charge on any atom is 0.268 e. The smallest absolute Gasteiger partial charge is 0.268 e. The van der Waals surface area contributed by atoms with Crippen molar-refractivity contribution in [3.05, 3.63) is 52.3 Å². The zero-order valence-corrected chi connectivity index (χ0v) is 19.3. The Bertz CT molecular complexity index is 1020. The average Bonchev–Trinajstić information content (AvgIpc) is 3.06. The van der Waals surface area contributed by atoms with E-state index >= 15 is 0 Å². The maximum atomic E-state index is 12.8. The van der Waals surface area contributed by atoms with Crippen LogP contribution in [0.5, 0.6) is 11.5 Å². The van der Waals surface area contributed by atoms with Gasteiger partial charge in [-0.15, -0.1) is 0 Å². The summed E-state index contributed by atoms with van der Waals surface area (Å²) in [7, 11) is 7.30. The largest absolute Gasteiger partial charge is 0.493 e. The van der Waals surface area contributed by atoms with E-state index in [-0.39, 0.29) is 5.56 Å². The molecule has 0 bridgehead atoms. The summed E-state index contributed by atoms with van der Waals surface area (Å²) < 4.78 is 13.5. The van der Waals surface area contributed by atoms with Crippen LogP contribution >= 0.6 is 11.5 Å². The molecule has 0 amide bonds. The van der Waals surface area contributed by atoms with Crippen LogP contribution in [0.4, 0.5) is 5.69 Å². The van der Waals surface area contributed by atoms with Gasteiger partial charge in [0.1, 0.15) is 0 Å². The van der Waals surface area contributed by atoms with Crippen molar-refractivity contribution in [1.82, 2.24) is 8.86 Å². The molecule has 0 unspecified atom stereocenters. The Balaban J connectivity index is 1.63. The second kappa shape index (κ2) is 10.00. The summed E-state index contributed by atoms with van der Waals surface area (Å²) in [5, 5.41) is 0.686. The van der Waals surface area contributed by atoms with Crippen LogP contribution in [0, 0.1) is 0 Å². The summed E-state index contributed by atoms with van der Waals surface area (Å²) in [6.45, 7) is 5.72. The lowest BCUT2D eigenvalue weighted by atomic mass is 10.2. The van der Waals surface area contributed by atoms with Crippen molar-refractivity contribution in [2.24, 2.45) is 0 Å². The first-order chi connectivity index (χ1) is 14.5. The number of hydrogen-bond donors (Lipinski definition) is 0. The molecule has 0 spiro atoms. The van der Waals surface area contributed by atoms with Gasteiger partial charge in [-0.2, -0.15) is 0 Å². The highest BCUT2D eigenvalue weighted by atomic mass is 32.1. The van der Waals surface area contributed by atoms with Crippen molar-refractivity contribution in [3.8, 4) is 11.5 Å². The Hall–Kier alpha value is -2.51. The Morgan fingerprint density at radius 3 is 2.30 bits per heavy atom. The second-order valence-corrected chi connectivity index (χ2v) is 8.55. The van der Waals surface area contributed by atoms with E-state index in [1.807, 2.05) is 10.0 Å². The Labute approximate surface area is 182 Å². The van der Waals surface area contributed by atoms with E-state index < -0.39 is 0 Å². The SMILES string of the molecule is CCN(CCCn1sc2cc(OC)c(OC)cc2c1=O)Cc1ccc(N(C)C)cc1. The highest BCUT2D eigenvalue weighted by molar-refractivity contribution is 7.13. The fourth-order valence-corrected chi connectivity index (χ4v) is 4.53. The summed E-state index contributed by atoms with van der Waals surface area (Å²) in [5.41, 5.74) is 2.55. The number of hydrogen-bond acceptors (Lipinski definition) is 6. The summed E-state index contributed by atoms with van der Waals surface area (Å²) >= 11 is 1.49. The normalized spacial score (nSPS) is 11.3. The van der Waals surface area contributed by atoms with Gasteiger partial charge < -0.3 is 14.4 Å². The summed E-state index contributed by atoms with van der Waals surface area (Å²) in [6, 6.07) is 12.3. The lowest BCUT2D eigenvalue weighted by Crippen LogP contribution is -2.25. The third-order valence-corrected chi connectivity index (χ3v) is 6.40. The highest BCUT2D eigenvalue weighted by Gasteiger charge is 2.13. The average molecular weight is 430 g/mol.